The molecule has 0 unspecified atom stereocenters. The molecule has 90 valence electrons. The molecule has 1 aromatic rings. The number of hydrogen-bond acceptors (Lipinski definition) is 3. The number of rotatable bonds is 6. The van der Waals surface area contributed by atoms with Gasteiger partial charge in [-0.3, -0.25) is 0 Å². The molecule has 2 N–H and O–H groups in total. The van der Waals surface area contributed by atoms with Crippen molar-refractivity contribution < 1.29 is 9.47 Å². The molecule has 0 saturated carbocycles. The Balaban J connectivity index is 3.11. The molecule has 0 amide bonds. The summed E-state index contributed by atoms with van der Waals surface area (Å²) in [6.45, 7) is 2.77. The zero-order valence-corrected chi connectivity index (χ0v) is 10.4. The van der Waals surface area contributed by atoms with E-state index in [1.165, 1.54) is 5.56 Å². The molecule has 0 aromatic heterocycles. The second kappa shape index (κ2) is 6.38. The van der Waals surface area contributed by atoms with Crippen LogP contribution in [0.4, 0.5) is 0 Å². The molecule has 0 saturated heterocycles. The van der Waals surface area contributed by atoms with Gasteiger partial charge in [0.25, 0.3) is 0 Å². The molecule has 0 aliphatic rings. The molecular weight excluding hydrogens is 202 g/mol. The van der Waals surface area contributed by atoms with Gasteiger partial charge in [-0.15, -0.1) is 0 Å². The van der Waals surface area contributed by atoms with Crippen LogP contribution in [0.2, 0.25) is 0 Å². The van der Waals surface area contributed by atoms with Crippen molar-refractivity contribution in [3.8, 4) is 11.5 Å². The zero-order chi connectivity index (χ0) is 12.0. The molecule has 16 heavy (non-hydrogen) atoms. The summed E-state index contributed by atoms with van der Waals surface area (Å²) in [6, 6.07) is 4.10. The van der Waals surface area contributed by atoms with E-state index in [1.807, 2.05) is 6.07 Å². The van der Waals surface area contributed by atoms with Crippen LogP contribution >= 0.6 is 0 Å². The summed E-state index contributed by atoms with van der Waals surface area (Å²) in [5.74, 6) is 1.85. The van der Waals surface area contributed by atoms with E-state index in [1.54, 1.807) is 14.2 Å². The average Bonchev–Trinajstić information content (AvgIpc) is 2.31. The summed E-state index contributed by atoms with van der Waals surface area (Å²) in [7, 11) is 3.39. The largest absolute Gasteiger partial charge is 0.496 e. The highest BCUT2D eigenvalue weighted by atomic mass is 16.5. The highest BCUT2D eigenvalue weighted by Gasteiger charge is 2.09. The van der Waals surface area contributed by atoms with Crippen molar-refractivity contribution >= 4 is 0 Å². The van der Waals surface area contributed by atoms with E-state index in [2.05, 4.69) is 13.0 Å². The number of aryl methyl sites for hydroxylation is 1. The maximum Gasteiger partial charge on any atom is 0.122 e. The molecule has 0 aliphatic carbocycles. The van der Waals surface area contributed by atoms with Crippen molar-refractivity contribution in [2.45, 2.75) is 26.2 Å². The molecule has 0 heterocycles. The highest BCUT2D eigenvalue weighted by Crippen LogP contribution is 2.29. The third-order valence-electron chi connectivity index (χ3n) is 2.62. The minimum atomic E-state index is 0.618. The fourth-order valence-electron chi connectivity index (χ4n) is 1.84. The summed E-state index contributed by atoms with van der Waals surface area (Å²) >= 11 is 0. The molecule has 1 rings (SSSR count). The number of methoxy groups -OCH3 is 2. The van der Waals surface area contributed by atoms with Crippen LogP contribution in [0.15, 0.2) is 12.1 Å². The summed E-state index contributed by atoms with van der Waals surface area (Å²) < 4.78 is 10.8. The monoisotopic (exact) mass is 223 g/mol. The van der Waals surface area contributed by atoms with E-state index in [-0.39, 0.29) is 0 Å². The van der Waals surface area contributed by atoms with E-state index in [0.717, 1.165) is 36.3 Å². The normalized spacial score (nSPS) is 10.2. The van der Waals surface area contributed by atoms with Crippen LogP contribution in [0, 0.1) is 0 Å². The van der Waals surface area contributed by atoms with Gasteiger partial charge in [0.1, 0.15) is 11.5 Å². The minimum Gasteiger partial charge on any atom is -0.496 e. The molecule has 1 aromatic carbocycles. The number of ether oxygens (including phenoxy) is 2. The van der Waals surface area contributed by atoms with E-state index < -0.39 is 0 Å². The number of benzene rings is 1. The van der Waals surface area contributed by atoms with Gasteiger partial charge in [0.05, 0.1) is 14.2 Å². The Hall–Kier alpha value is -1.22. The fourth-order valence-corrected chi connectivity index (χ4v) is 1.84. The van der Waals surface area contributed by atoms with Crippen LogP contribution in [-0.4, -0.2) is 20.8 Å². The van der Waals surface area contributed by atoms with Crippen LogP contribution in [-0.2, 0) is 12.8 Å². The SMILES string of the molecule is CCCc1cc(OC)c(CCN)cc1OC. The first-order valence-electron chi connectivity index (χ1n) is 5.70. The molecule has 0 bridgehead atoms. The van der Waals surface area contributed by atoms with Crippen molar-refractivity contribution in [3.63, 3.8) is 0 Å². The Morgan fingerprint density at radius 1 is 1.00 bits per heavy atom. The topological polar surface area (TPSA) is 44.5 Å². The summed E-state index contributed by atoms with van der Waals surface area (Å²) in [4.78, 5) is 0. The number of hydrogen-bond donors (Lipinski definition) is 1. The summed E-state index contributed by atoms with van der Waals surface area (Å²) in [5, 5.41) is 0. The fraction of sp³-hybridized carbons (Fsp3) is 0.538. The Morgan fingerprint density at radius 3 is 1.88 bits per heavy atom. The van der Waals surface area contributed by atoms with Gasteiger partial charge in [-0.25, -0.2) is 0 Å². The molecule has 0 spiro atoms. The van der Waals surface area contributed by atoms with Crippen molar-refractivity contribution in [2.75, 3.05) is 20.8 Å². The van der Waals surface area contributed by atoms with E-state index >= 15 is 0 Å². The van der Waals surface area contributed by atoms with Crippen LogP contribution in [0.3, 0.4) is 0 Å². The molecule has 0 atom stereocenters. The lowest BCUT2D eigenvalue weighted by Crippen LogP contribution is -2.05. The summed E-state index contributed by atoms with van der Waals surface area (Å²) in [5.41, 5.74) is 7.89. The Morgan fingerprint density at radius 2 is 1.50 bits per heavy atom. The quantitative estimate of drug-likeness (QED) is 0.803. The van der Waals surface area contributed by atoms with Crippen molar-refractivity contribution in [1.82, 2.24) is 0 Å². The van der Waals surface area contributed by atoms with Crippen LogP contribution < -0.4 is 15.2 Å². The maximum atomic E-state index is 5.58. The second-order valence-electron chi connectivity index (χ2n) is 3.76. The Labute approximate surface area is 97.6 Å². The van der Waals surface area contributed by atoms with Crippen LogP contribution in [0.5, 0.6) is 11.5 Å². The zero-order valence-electron chi connectivity index (χ0n) is 10.4. The molecular formula is C13H21NO2. The van der Waals surface area contributed by atoms with E-state index in [4.69, 9.17) is 15.2 Å². The average molecular weight is 223 g/mol. The first kappa shape index (κ1) is 12.8. The molecule has 3 heteroatoms. The smallest absolute Gasteiger partial charge is 0.122 e. The van der Waals surface area contributed by atoms with Gasteiger partial charge in [0.15, 0.2) is 0 Å². The predicted octanol–water partition coefficient (Wildman–Crippen LogP) is 2.16. The van der Waals surface area contributed by atoms with Gasteiger partial charge in [-0.2, -0.15) is 0 Å². The highest BCUT2D eigenvalue weighted by molar-refractivity contribution is 5.46. The minimum absolute atomic E-state index is 0.618. The van der Waals surface area contributed by atoms with Gasteiger partial charge < -0.3 is 15.2 Å². The lowest BCUT2D eigenvalue weighted by Gasteiger charge is -2.14. The standard InChI is InChI=1S/C13H21NO2/c1-4-5-10-8-13(16-3)11(6-7-14)9-12(10)15-2/h8-9H,4-7,14H2,1-3H3. The Kier molecular flexibility index (Phi) is 5.12. The number of nitrogens with two attached hydrogens (primary N) is 1. The Bertz CT molecular complexity index is 303. The van der Waals surface area contributed by atoms with Crippen molar-refractivity contribution in [1.29, 1.82) is 0 Å². The summed E-state index contributed by atoms with van der Waals surface area (Å²) in [6.07, 6.45) is 2.91. The molecule has 0 aliphatic heterocycles. The van der Waals surface area contributed by atoms with Crippen molar-refractivity contribution in [3.05, 3.63) is 23.3 Å². The first-order valence-corrected chi connectivity index (χ1v) is 5.70. The second-order valence-corrected chi connectivity index (χ2v) is 3.76. The van der Waals surface area contributed by atoms with E-state index in [0.29, 0.717) is 6.54 Å². The van der Waals surface area contributed by atoms with Gasteiger partial charge in [-0.1, -0.05) is 13.3 Å². The molecule has 0 fully saturated rings. The van der Waals surface area contributed by atoms with E-state index in [9.17, 15) is 0 Å². The maximum absolute atomic E-state index is 5.58. The van der Waals surface area contributed by atoms with Gasteiger partial charge in [0, 0.05) is 0 Å². The van der Waals surface area contributed by atoms with Gasteiger partial charge in [-0.05, 0) is 42.6 Å². The molecule has 3 nitrogen and oxygen atoms in total. The predicted molar refractivity (Wildman–Crippen MR) is 66.3 cm³/mol. The first-order chi connectivity index (χ1) is 7.76. The lowest BCUT2D eigenvalue weighted by molar-refractivity contribution is 0.394. The molecule has 0 radical (unpaired) electrons. The van der Waals surface area contributed by atoms with Crippen molar-refractivity contribution in [2.24, 2.45) is 5.73 Å². The van der Waals surface area contributed by atoms with Crippen LogP contribution in [0.1, 0.15) is 24.5 Å². The third-order valence-corrected chi connectivity index (χ3v) is 2.62. The lowest BCUT2D eigenvalue weighted by atomic mass is 10.0. The van der Waals surface area contributed by atoms with Crippen LogP contribution in [0.25, 0.3) is 0 Å². The van der Waals surface area contributed by atoms with Gasteiger partial charge in [0.2, 0.25) is 0 Å². The third kappa shape index (κ3) is 2.89. The van der Waals surface area contributed by atoms with Gasteiger partial charge >= 0.3 is 0 Å².